The second-order valence-electron chi connectivity index (χ2n) is 13.2. The van der Waals surface area contributed by atoms with E-state index in [4.69, 9.17) is 4.98 Å². The first-order valence-electron chi connectivity index (χ1n) is 17.1. The van der Waals surface area contributed by atoms with Crippen LogP contribution in [0.1, 0.15) is 17.3 Å². The van der Waals surface area contributed by atoms with Crippen molar-refractivity contribution in [1.29, 1.82) is 0 Å². The topological polar surface area (TPSA) is 40.1 Å². The molecule has 0 bridgehead atoms. The first-order valence-corrected chi connectivity index (χ1v) is 17.1. The molecule has 6 aromatic carbocycles. The Hall–Kier alpha value is -6.79. The lowest BCUT2D eigenvalue weighted by atomic mass is 9.97. The summed E-state index contributed by atoms with van der Waals surface area (Å²) in [7, 11) is 0. The number of pyridine rings is 2. The molecular formula is C45H28FN5. The maximum Gasteiger partial charge on any atom is 0.150 e. The molecule has 11 rings (SSSR count). The Morgan fingerprint density at radius 2 is 1.06 bits per heavy atom. The molecule has 51 heavy (non-hydrogen) atoms. The number of fused-ring (bicyclic) bond motifs is 12. The van der Waals surface area contributed by atoms with Gasteiger partial charge in [-0.1, -0.05) is 84.9 Å². The van der Waals surface area contributed by atoms with E-state index in [0.717, 1.165) is 77.1 Å². The molecule has 5 aromatic heterocycles. The summed E-state index contributed by atoms with van der Waals surface area (Å²) < 4.78 is 23.5. The first kappa shape index (κ1) is 28.1. The minimum Gasteiger partial charge on any atom is -0.309 e. The number of para-hydroxylation sites is 3. The number of benzene rings is 6. The normalized spacial score (nSPS) is 12.7. The van der Waals surface area contributed by atoms with Crippen molar-refractivity contribution in [2.75, 3.05) is 0 Å². The molecule has 1 atom stereocenters. The number of alkyl halides is 1. The summed E-state index contributed by atoms with van der Waals surface area (Å²) in [6.45, 7) is 0. The third-order valence-electron chi connectivity index (χ3n) is 10.4. The SMILES string of the molecule is FC(c1ccc2c3ccccc3n3ccnc3c2c1)c1ccc2c3cc4c(cc3n(-c3ccccn3)c2c1)c1ccccc1n4-c1ccccc1. The van der Waals surface area contributed by atoms with Crippen LogP contribution in [0.3, 0.4) is 0 Å². The average Bonchev–Trinajstić information content (AvgIpc) is 3.90. The summed E-state index contributed by atoms with van der Waals surface area (Å²) >= 11 is 0. The summed E-state index contributed by atoms with van der Waals surface area (Å²) in [5.74, 6) is 0.787. The summed E-state index contributed by atoms with van der Waals surface area (Å²) in [6, 6.07) is 49.7. The van der Waals surface area contributed by atoms with Gasteiger partial charge in [-0.05, 0) is 77.2 Å². The molecule has 0 aliphatic carbocycles. The van der Waals surface area contributed by atoms with Crippen molar-refractivity contribution in [2.24, 2.45) is 0 Å². The van der Waals surface area contributed by atoms with Gasteiger partial charge in [-0.25, -0.2) is 14.4 Å². The highest BCUT2D eigenvalue weighted by Crippen LogP contribution is 2.41. The molecule has 0 N–H and O–H groups in total. The summed E-state index contributed by atoms with van der Waals surface area (Å²) in [4.78, 5) is 9.46. The number of hydrogen-bond acceptors (Lipinski definition) is 2. The summed E-state index contributed by atoms with van der Waals surface area (Å²) in [5.41, 5.74) is 8.40. The fraction of sp³-hybridized carbons (Fsp3) is 0.0222. The van der Waals surface area contributed by atoms with E-state index in [9.17, 15) is 0 Å². The lowest BCUT2D eigenvalue weighted by molar-refractivity contribution is 0.402. The number of imidazole rings is 1. The van der Waals surface area contributed by atoms with Crippen LogP contribution < -0.4 is 0 Å². The summed E-state index contributed by atoms with van der Waals surface area (Å²) in [5, 5.41) is 7.56. The van der Waals surface area contributed by atoms with E-state index in [1.165, 1.54) is 5.39 Å². The summed E-state index contributed by atoms with van der Waals surface area (Å²) in [6.07, 6.45) is 4.23. The Morgan fingerprint density at radius 1 is 0.431 bits per heavy atom. The van der Waals surface area contributed by atoms with Crippen LogP contribution in [-0.4, -0.2) is 23.5 Å². The van der Waals surface area contributed by atoms with E-state index in [-0.39, 0.29) is 0 Å². The van der Waals surface area contributed by atoms with Gasteiger partial charge in [0.15, 0.2) is 6.17 Å². The lowest BCUT2D eigenvalue weighted by Crippen LogP contribution is -1.99. The van der Waals surface area contributed by atoms with Gasteiger partial charge >= 0.3 is 0 Å². The molecule has 1 unspecified atom stereocenters. The molecule has 0 amide bonds. The molecule has 240 valence electrons. The van der Waals surface area contributed by atoms with Crippen LogP contribution in [-0.2, 0) is 0 Å². The predicted octanol–water partition coefficient (Wildman–Crippen LogP) is 11.3. The van der Waals surface area contributed by atoms with Gasteiger partial charge in [0.2, 0.25) is 0 Å². The molecule has 0 spiro atoms. The standard InChI is InChI=1S/C45H28FN5/c46-44(28-17-19-31-32-12-4-6-14-38(32)49-23-22-48-45(49)37(31)24-28)29-18-20-34-36-26-41-35(27-42(36)51(40(34)25-29)43-16-8-9-21-47-43)33-13-5-7-15-39(33)50(41)30-10-2-1-3-11-30/h1-27,44H. The van der Waals surface area contributed by atoms with Gasteiger partial charge in [-0.2, -0.15) is 0 Å². The number of halogens is 1. The number of hydrogen-bond donors (Lipinski definition) is 0. The molecule has 0 fully saturated rings. The van der Waals surface area contributed by atoms with E-state index in [1.54, 1.807) is 6.20 Å². The molecule has 5 nitrogen and oxygen atoms in total. The highest BCUT2D eigenvalue weighted by atomic mass is 19.1. The van der Waals surface area contributed by atoms with Crippen LogP contribution in [0.5, 0.6) is 0 Å². The Labute approximate surface area is 291 Å². The lowest BCUT2D eigenvalue weighted by Gasteiger charge is -2.14. The van der Waals surface area contributed by atoms with Gasteiger partial charge in [-0.3, -0.25) is 8.97 Å². The van der Waals surface area contributed by atoms with E-state index in [0.29, 0.717) is 11.1 Å². The number of nitrogens with zero attached hydrogens (tertiary/aromatic N) is 5. The zero-order valence-corrected chi connectivity index (χ0v) is 27.3. The van der Waals surface area contributed by atoms with Crippen molar-refractivity contribution in [3.63, 3.8) is 0 Å². The number of rotatable bonds is 4. The zero-order chi connectivity index (χ0) is 33.6. The number of aromatic nitrogens is 5. The third kappa shape index (κ3) is 4.01. The minimum absolute atomic E-state index is 0.589. The van der Waals surface area contributed by atoms with Crippen molar-refractivity contribution in [1.82, 2.24) is 23.5 Å². The van der Waals surface area contributed by atoms with Gasteiger partial charge in [0.05, 0.1) is 27.6 Å². The van der Waals surface area contributed by atoms with Crippen LogP contribution in [0.25, 0.3) is 82.4 Å². The first-order chi connectivity index (χ1) is 25.2. The Balaban J connectivity index is 1.15. The predicted molar refractivity (Wildman–Crippen MR) is 206 cm³/mol. The quantitative estimate of drug-likeness (QED) is 0.177. The molecule has 0 saturated heterocycles. The van der Waals surface area contributed by atoms with Gasteiger partial charge < -0.3 is 4.57 Å². The molecule has 0 saturated carbocycles. The van der Waals surface area contributed by atoms with Crippen LogP contribution in [0.15, 0.2) is 164 Å². The molecular weight excluding hydrogens is 630 g/mol. The van der Waals surface area contributed by atoms with Crippen molar-refractivity contribution in [3.8, 4) is 11.5 Å². The van der Waals surface area contributed by atoms with Gasteiger partial charge in [0, 0.05) is 56.6 Å². The van der Waals surface area contributed by atoms with Crippen LogP contribution >= 0.6 is 0 Å². The van der Waals surface area contributed by atoms with E-state index >= 15 is 4.39 Å². The van der Waals surface area contributed by atoms with Crippen LogP contribution in [0.4, 0.5) is 4.39 Å². The zero-order valence-electron chi connectivity index (χ0n) is 27.3. The minimum atomic E-state index is -1.35. The van der Waals surface area contributed by atoms with Crippen molar-refractivity contribution < 1.29 is 4.39 Å². The van der Waals surface area contributed by atoms with Gasteiger partial charge in [-0.15, -0.1) is 0 Å². The molecule has 5 heterocycles. The fourth-order valence-electron chi connectivity index (χ4n) is 8.18. The molecule has 6 heteroatoms. The monoisotopic (exact) mass is 657 g/mol. The second-order valence-corrected chi connectivity index (χ2v) is 13.2. The third-order valence-corrected chi connectivity index (χ3v) is 10.4. The van der Waals surface area contributed by atoms with Crippen LogP contribution in [0.2, 0.25) is 0 Å². The highest BCUT2D eigenvalue weighted by Gasteiger charge is 2.22. The molecule has 0 aliphatic rings. The maximum absolute atomic E-state index is 16.9. The van der Waals surface area contributed by atoms with Crippen molar-refractivity contribution in [2.45, 2.75) is 6.17 Å². The largest absolute Gasteiger partial charge is 0.309 e. The smallest absolute Gasteiger partial charge is 0.150 e. The molecule has 11 aromatic rings. The van der Waals surface area contributed by atoms with Gasteiger partial charge in [0.25, 0.3) is 0 Å². The fourth-order valence-corrected chi connectivity index (χ4v) is 8.18. The Bertz CT molecular complexity index is 3150. The van der Waals surface area contributed by atoms with E-state index in [2.05, 4.69) is 97.4 Å². The average molecular weight is 658 g/mol. The maximum atomic E-state index is 16.9. The van der Waals surface area contributed by atoms with Gasteiger partial charge in [0.1, 0.15) is 11.5 Å². The van der Waals surface area contributed by atoms with Crippen molar-refractivity contribution >= 4 is 70.9 Å². The highest BCUT2D eigenvalue weighted by molar-refractivity contribution is 6.19. The Kier molecular flexibility index (Phi) is 5.84. The molecule has 0 radical (unpaired) electrons. The van der Waals surface area contributed by atoms with Crippen molar-refractivity contribution in [3.05, 3.63) is 175 Å². The van der Waals surface area contributed by atoms with E-state index < -0.39 is 6.17 Å². The second kappa shape index (κ2) is 10.6. The molecule has 0 aliphatic heterocycles. The van der Waals surface area contributed by atoms with Crippen LogP contribution in [0, 0.1) is 0 Å². The van der Waals surface area contributed by atoms with E-state index in [1.807, 2.05) is 79.1 Å². The Morgan fingerprint density at radius 3 is 1.84 bits per heavy atom.